The van der Waals surface area contributed by atoms with Crippen LogP contribution in [-0.2, 0) is 0 Å². The SMILES string of the molecule is Fc1cc(Cl)cnc1N1CCCC1CNC1CC1. The van der Waals surface area contributed by atoms with Crippen molar-refractivity contribution in [2.45, 2.75) is 37.8 Å². The molecule has 98 valence electrons. The number of aromatic nitrogens is 1. The zero-order chi connectivity index (χ0) is 12.5. The number of hydrogen-bond donors (Lipinski definition) is 1. The third-order valence-electron chi connectivity index (χ3n) is 3.66. The number of pyridine rings is 1. The van der Waals surface area contributed by atoms with Gasteiger partial charge in [-0.1, -0.05) is 11.6 Å². The molecule has 1 unspecified atom stereocenters. The van der Waals surface area contributed by atoms with Crippen LogP contribution in [0.2, 0.25) is 5.02 Å². The van der Waals surface area contributed by atoms with Crippen LogP contribution in [0.3, 0.4) is 0 Å². The molecule has 0 amide bonds. The Morgan fingerprint density at radius 3 is 3.00 bits per heavy atom. The Kier molecular flexibility index (Phi) is 3.39. The molecule has 1 aliphatic carbocycles. The average Bonchev–Trinajstić information content (AvgIpc) is 3.06. The van der Waals surface area contributed by atoms with Gasteiger partial charge in [-0.05, 0) is 31.7 Å². The fourth-order valence-corrected chi connectivity index (χ4v) is 2.68. The van der Waals surface area contributed by atoms with Gasteiger partial charge < -0.3 is 10.2 Å². The first-order valence-electron chi connectivity index (χ1n) is 6.55. The zero-order valence-electron chi connectivity index (χ0n) is 10.2. The second-order valence-corrected chi connectivity index (χ2v) is 5.57. The maximum Gasteiger partial charge on any atom is 0.167 e. The highest BCUT2D eigenvalue weighted by Crippen LogP contribution is 2.28. The van der Waals surface area contributed by atoms with Crippen molar-refractivity contribution < 1.29 is 4.39 Å². The lowest BCUT2D eigenvalue weighted by Crippen LogP contribution is -2.39. The van der Waals surface area contributed by atoms with Crippen LogP contribution < -0.4 is 10.2 Å². The maximum absolute atomic E-state index is 13.9. The first-order chi connectivity index (χ1) is 8.74. The summed E-state index contributed by atoms with van der Waals surface area (Å²) >= 11 is 5.74. The Labute approximate surface area is 111 Å². The van der Waals surface area contributed by atoms with Gasteiger partial charge in [0.2, 0.25) is 0 Å². The molecule has 1 saturated carbocycles. The molecule has 1 N–H and O–H groups in total. The van der Waals surface area contributed by atoms with Crippen LogP contribution in [-0.4, -0.2) is 30.2 Å². The van der Waals surface area contributed by atoms with Crippen molar-refractivity contribution in [2.24, 2.45) is 0 Å². The number of nitrogens with one attached hydrogen (secondary N) is 1. The van der Waals surface area contributed by atoms with E-state index in [9.17, 15) is 4.39 Å². The lowest BCUT2D eigenvalue weighted by atomic mass is 10.2. The summed E-state index contributed by atoms with van der Waals surface area (Å²) in [6.07, 6.45) is 6.27. The standard InChI is InChI=1S/C13H17ClFN3/c14-9-6-12(15)13(17-7-9)18-5-1-2-11(18)8-16-10-3-4-10/h6-7,10-11,16H,1-5,8H2. The van der Waals surface area contributed by atoms with E-state index in [1.807, 2.05) is 0 Å². The van der Waals surface area contributed by atoms with Crippen LogP contribution in [0.25, 0.3) is 0 Å². The molecule has 1 aromatic rings. The van der Waals surface area contributed by atoms with Crippen molar-refractivity contribution in [3.8, 4) is 0 Å². The molecule has 2 heterocycles. The topological polar surface area (TPSA) is 28.2 Å². The first-order valence-corrected chi connectivity index (χ1v) is 6.93. The third-order valence-corrected chi connectivity index (χ3v) is 3.86. The Bertz CT molecular complexity index is 436. The van der Waals surface area contributed by atoms with E-state index in [4.69, 9.17) is 11.6 Å². The van der Waals surface area contributed by atoms with Gasteiger partial charge in [-0.2, -0.15) is 0 Å². The van der Waals surface area contributed by atoms with Gasteiger partial charge in [-0.25, -0.2) is 9.37 Å². The molecule has 1 aliphatic heterocycles. The maximum atomic E-state index is 13.9. The van der Waals surface area contributed by atoms with E-state index in [0.717, 1.165) is 25.9 Å². The predicted molar refractivity (Wildman–Crippen MR) is 70.6 cm³/mol. The van der Waals surface area contributed by atoms with Gasteiger partial charge in [0.1, 0.15) is 0 Å². The Balaban J connectivity index is 1.72. The highest BCUT2D eigenvalue weighted by molar-refractivity contribution is 6.30. The quantitative estimate of drug-likeness (QED) is 0.911. The van der Waals surface area contributed by atoms with E-state index >= 15 is 0 Å². The molecule has 1 aromatic heterocycles. The van der Waals surface area contributed by atoms with Crippen LogP contribution >= 0.6 is 11.6 Å². The molecular weight excluding hydrogens is 253 g/mol. The minimum Gasteiger partial charge on any atom is -0.350 e. The predicted octanol–water partition coefficient (Wildman–Crippen LogP) is 2.59. The van der Waals surface area contributed by atoms with E-state index in [-0.39, 0.29) is 5.82 Å². The summed E-state index contributed by atoms with van der Waals surface area (Å²) in [6, 6.07) is 2.39. The lowest BCUT2D eigenvalue weighted by molar-refractivity contribution is 0.553. The van der Waals surface area contributed by atoms with Gasteiger partial charge >= 0.3 is 0 Å². The minimum atomic E-state index is -0.319. The number of hydrogen-bond acceptors (Lipinski definition) is 3. The van der Waals surface area contributed by atoms with Gasteiger partial charge in [-0.15, -0.1) is 0 Å². The Morgan fingerprint density at radius 2 is 2.28 bits per heavy atom. The van der Waals surface area contributed by atoms with Gasteiger partial charge in [0.25, 0.3) is 0 Å². The van der Waals surface area contributed by atoms with Crippen molar-refractivity contribution in [1.82, 2.24) is 10.3 Å². The highest BCUT2D eigenvalue weighted by atomic mass is 35.5. The van der Waals surface area contributed by atoms with E-state index < -0.39 is 0 Å². The monoisotopic (exact) mass is 269 g/mol. The van der Waals surface area contributed by atoms with E-state index in [2.05, 4.69) is 15.2 Å². The molecule has 0 bridgehead atoms. The van der Waals surface area contributed by atoms with E-state index in [0.29, 0.717) is 22.9 Å². The van der Waals surface area contributed by atoms with Crippen LogP contribution in [0.5, 0.6) is 0 Å². The highest BCUT2D eigenvalue weighted by Gasteiger charge is 2.29. The van der Waals surface area contributed by atoms with E-state index in [1.165, 1.54) is 25.1 Å². The molecule has 2 fully saturated rings. The second-order valence-electron chi connectivity index (χ2n) is 5.13. The molecule has 18 heavy (non-hydrogen) atoms. The molecule has 0 radical (unpaired) electrons. The van der Waals surface area contributed by atoms with Crippen LogP contribution in [0.1, 0.15) is 25.7 Å². The summed E-state index contributed by atoms with van der Waals surface area (Å²) in [4.78, 5) is 6.21. The molecule has 3 rings (SSSR count). The number of rotatable bonds is 4. The Hall–Kier alpha value is -0.870. The molecule has 3 nitrogen and oxygen atoms in total. The normalized spacial score (nSPS) is 23.7. The van der Waals surface area contributed by atoms with Gasteiger partial charge in [0.15, 0.2) is 11.6 Å². The van der Waals surface area contributed by atoms with Crippen molar-refractivity contribution in [2.75, 3.05) is 18.0 Å². The lowest BCUT2D eigenvalue weighted by Gasteiger charge is -2.26. The molecule has 0 spiro atoms. The summed E-state index contributed by atoms with van der Waals surface area (Å²) in [7, 11) is 0. The first kappa shape index (κ1) is 12.2. The largest absolute Gasteiger partial charge is 0.350 e. The van der Waals surface area contributed by atoms with Gasteiger partial charge in [-0.3, -0.25) is 0 Å². The number of anilines is 1. The van der Waals surface area contributed by atoms with Crippen molar-refractivity contribution in [3.63, 3.8) is 0 Å². The fourth-order valence-electron chi connectivity index (χ4n) is 2.54. The summed E-state index contributed by atoms with van der Waals surface area (Å²) in [5.41, 5.74) is 0. The fraction of sp³-hybridized carbons (Fsp3) is 0.615. The smallest absolute Gasteiger partial charge is 0.167 e. The van der Waals surface area contributed by atoms with Crippen LogP contribution in [0, 0.1) is 5.82 Å². The summed E-state index contributed by atoms with van der Waals surface area (Å²) in [5, 5.41) is 3.86. The molecule has 0 aromatic carbocycles. The average molecular weight is 270 g/mol. The van der Waals surface area contributed by atoms with Crippen molar-refractivity contribution in [1.29, 1.82) is 0 Å². The molecule has 5 heteroatoms. The van der Waals surface area contributed by atoms with Gasteiger partial charge in [0.05, 0.1) is 5.02 Å². The molecule has 1 saturated heterocycles. The minimum absolute atomic E-state index is 0.319. The van der Waals surface area contributed by atoms with E-state index in [1.54, 1.807) is 0 Å². The van der Waals surface area contributed by atoms with Crippen molar-refractivity contribution in [3.05, 3.63) is 23.1 Å². The number of halogens is 2. The Morgan fingerprint density at radius 1 is 1.44 bits per heavy atom. The van der Waals surface area contributed by atoms with Crippen molar-refractivity contribution >= 4 is 17.4 Å². The molecular formula is C13H17ClFN3. The molecule has 1 atom stereocenters. The summed E-state index contributed by atoms with van der Waals surface area (Å²) in [6.45, 7) is 1.80. The summed E-state index contributed by atoms with van der Waals surface area (Å²) < 4.78 is 13.9. The number of nitrogens with zero attached hydrogens (tertiary/aromatic N) is 2. The molecule has 2 aliphatic rings. The zero-order valence-corrected chi connectivity index (χ0v) is 11.0. The van der Waals surface area contributed by atoms with Gasteiger partial charge in [0, 0.05) is 31.4 Å². The third kappa shape index (κ3) is 2.59. The van der Waals surface area contributed by atoms with Crippen LogP contribution in [0.4, 0.5) is 10.2 Å². The summed E-state index contributed by atoms with van der Waals surface area (Å²) in [5.74, 6) is 0.125. The second kappa shape index (κ2) is 5.02. The van der Waals surface area contributed by atoms with Crippen LogP contribution in [0.15, 0.2) is 12.3 Å².